The van der Waals surface area contributed by atoms with Crippen LogP contribution in [0.1, 0.15) is 39.7 Å². The maximum absolute atomic E-state index is 11.9. The van der Waals surface area contributed by atoms with E-state index in [0.29, 0.717) is 12.3 Å². The fraction of sp³-hybridized carbons (Fsp3) is 0.533. The van der Waals surface area contributed by atoms with Gasteiger partial charge in [0.25, 0.3) is 0 Å². The summed E-state index contributed by atoms with van der Waals surface area (Å²) in [6.45, 7) is 7.83. The Kier molecular flexibility index (Phi) is 4.91. The number of benzene rings is 1. The Morgan fingerprint density at radius 1 is 1.28 bits per heavy atom. The van der Waals surface area contributed by atoms with Crippen LogP contribution in [0.4, 0.5) is 0 Å². The molecule has 0 fully saturated rings. The lowest BCUT2D eigenvalue weighted by molar-refractivity contribution is -0.159. The smallest absolute Gasteiger partial charge is 0.323 e. The van der Waals surface area contributed by atoms with E-state index in [1.165, 1.54) is 0 Å². The van der Waals surface area contributed by atoms with Crippen molar-refractivity contribution in [3.8, 4) is 0 Å². The van der Waals surface area contributed by atoms with Gasteiger partial charge in [-0.2, -0.15) is 0 Å². The molecule has 1 rings (SSSR count). The van der Waals surface area contributed by atoms with E-state index in [0.717, 1.165) is 5.56 Å². The van der Waals surface area contributed by atoms with Crippen molar-refractivity contribution >= 4 is 5.97 Å². The van der Waals surface area contributed by atoms with E-state index < -0.39 is 11.6 Å². The molecule has 0 unspecified atom stereocenters. The maximum Gasteiger partial charge on any atom is 0.323 e. The van der Waals surface area contributed by atoms with Gasteiger partial charge in [-0.1, -0.05) is 44.2 Å². The molecule has 0 spiro atoms. The molecule has 1 atom stereocenters. The second kappa shape index (κ2) is 6.01. The standard InChI is InChI=1S/C15H23NO2/c1-11(2)10-13(16)14(17)18-15(3,4)12-8-6-5-7-9-12/h5-9,11,13H,10,16H2,1-4H3/t13-/m0/s1. The first kappa shape index (κ1) is 14.7. The van der Waals surface area contributed by atoms with Gasteiger partial charge in [0.05, 0.1) is 0 Å². The molecule has 1 aromatic rings. The molecular weight excluding hydrogens is 226 g/mol. The third kappa shape index (κ3) is 4.15. The highest BCUT2D eigenvalue weighted by atomic mass is 16.6. The summed E-state index contributed by atoms with van der Waals surface area (Å²) in [4.78, 5) is 11.9. The number of ether oxygens (including phenoxy) is 1. The molecule has 0 amide bonds. The SMILES string of the molecule is CC(C)C[C@H](N)C(=O)OC(C)(C)c1ccccc1. The number of carbonyl (C=O) groups is 1. The Morgan fingerprint density at radius 3 is 2.33 bits per heavy atom. The maximum atomic E-state index is 11.9. The van der Waals surface area contributed by atoms with Gasteiger partial charge in [-0.3, -0.25) is 4.79 Å². The van der Waals surface area contributed by atoms with Gasteiger partial charge in [0, 0.05) is 0 Å². The molecule has 0 aromatic heterocycles. The van der Waals surface area contributed by atoms with Crippen LogP contribution in [0.5, 0.6) is 0 Å². The summed E-state index contributed by atoms with van der Waals surface area (Å²) in [5, 5.41) is 0. The van der Waals surface area contributed by atoms with Gasteiger partial charge < -0.3 is 10.5 Å². The summed E-state index contributed by atoms with van der Waals surface area (Å²) < 4.78 is 5.52. The lowest BCUT2D eigenvalue weighted by Gasteiger charge is -2.27. The van der Waals surface area contributed by atoms with Gasteiger partial charge in [0.1, 0.15) is 11.6 Å². The molecule has 0 aliphatic heterocycles. The van der Waals surface area contributed by atoms with Crippen molar-refractivity contribution < 1.29 is 9.53 Å². The van der Waals surface area contributed by atoms with Crippen molar-refractivity contribution in [1.82, 2.24) is 0 Å². The molecule has 0 radical (unpaired) electrons. The van der Waals surface area contributed by atoms with Crippen LogP contribution in [-0.2, 0) is 15.1 Å². The monoisotopic (exact) mass is 249 g/mol. The van der Waals surface area contributed by atoms with Crippen LogP contribution in [0.2, 0.25) is 0 Å². The molecular formula is C15H23NO2. The number of esters is 1. The molecule has 3 heteroatoms. The highest BCUT2D eigenvalue weighted by Crippen LogP contribution is 2.25. The number of rotatable bonds is 5. The van der Waals surface area contributed by atoms with Crippen molar-refractivity contribution in [2.75, 3.05) is 0 Å². The lowest BCUT2D eigenvalue weighted by Crippen LogP contribution is -2.38. The zero-order valence-corrected chi connectivity index (χ0v) is 11.6. The Bertz CT molecular complexity index is 385. The summed E-state index contributed by atoms with van der Waals surface area (Å²) in [5.74, 6) is 0.0462. The van der Waals surface area contributed by atoms with E-state index in [2.05, 4.69) is 0 Å². The van der Waals surface area contributed by atoms with Gasteiger partial charge in [-0.25, -0.2) is 0 Å². The summed E-state index contributed by atoms with van der Waals surface area (Å²) in [5.41, 5.74) is 6.15. The minimum absolute atomic E-state index is 0.336. The average Bonchev–Trinajstić information content (AvgIpc) is 2.28. The van der Waals surface area contributed by atoms with Crippen molar-refractivity contribution in [2.24, 2.45) is 11.7 Å². The van der Waals surface area contributed by atoms with Gasteiger partial charge in [0.15, 0.2) is 0 Å². The zero-order valence-electron chi connectivity index (χ0n) is 11.6. The second-order valence-corrected chi connectivity index (χ2v) is 5.53. The molecule has 0 aliphatic carbocycles. The summed E-state index contributed by atoms with van der Waals surface area (Å²) in [6.07, 6.45) is 0.643. The predicted molar refractivity (Wildman–Crippen MR) is 73.0 cm³/mol. The van der Waals surface area contributed by atoms with Crippen molar-refractivity contribution in [2.45, 2.75) is 45.8 Å². The van der Waals surface area contributed by atoms with Crippen LogP contribution < -0.4 is 5.73 Å². The molecule has 2 N–H and O–H groups in total. The highest BCUT2D eigenvalue weighted by molar-refractivity contribution is 5.76. The molecule has 0 saturated heterocycles. The summed E-state index contributed by atoms with van der Waals surface area (Å²) >= 11 is 0. The first-order valence-corrected chi connectivity index (χ1v) is 6.37. The Hall–Kier alpha value is -1.35. The van der Waals surface area contributed by atoms with Crippen LogP contribution in [0.15, 0.2) is 30.3 Å². The van der Waals surface area contributed by atoms with Crippen LogP contribution in [0.25, 0.3) is 0 Å². The van der Waals surface area contributed by atoms with Crippen molar-refractivity contribution in [3.05, 3.63) is 35.9 Å². The fourth-order valence-corrected chi connectivity index (χ4v) is 1.83. The zero-order chi connectivity index (χ0) is 13.8. The Morgan fingerprint density at radius 2 is 1.83 bits per heavy atom. The number of carbonyl (C=O) groups excluding carboxylic acids is 1. The van der Waals surface area contributed by atoms with Gasteiger partial charge >= 0.3 is 5.97 Å². The van der Waals surface area contributed by atoms with Crippen molar-refractivity contribution in [3.63, 3.8) is 0 Å². The number of hydrogen-bond donors (Lipinski definition) is 1. The van der Waals surface area contributed by atoms with Crippen LogP contribution in [-0.4, -0.2) is 12.0 Å². The number of nitrogens with two attached hydrogens (primary N) is 1. The molecule has 0 saturated carbocycles. The third-order valence-corrected chi connectivity index (χ3v) is 2.85. The van der Waals surface area contributed by atoms with E-state index in [1.807, 2.05) is 58.0 Å². The van der Waals surface area contributed by atoms with E-state index in [4.69, 9.17) is 10.5 Å². The molecule has 0 aliphatic rings. The predicted octanol–water partition coefficient (Wildman–Crippen LogP) is 2.84. The normalized spacial score (nSPS) is 13.4. The van der Waals surface area contributed by atoms with Crippen LogP contribution >= 0.6 is 0 Å². The molecule has 1 aromatic carbocycles. The van der Waals surface area contributed by atoms with Crippen LogP contribution in [0, 0.1) is 5.92 Å². The fourth-order valence-electron chi connectivity index (χ4n) is 1.83. The first-order chi connectivity index (χ1) is 8.33. The number of hydrogen-bond acceptors (Lipinski definition) is 3. The lowest BCUT2D eigenvalue weighted by atomic mass is 9.97. The summed E-state index contributed by atoms with van der Waals surface area (Å²) in [7, 11) is 0. The Balaban J connectivity index is 2.69. The Labute approximate surface area is 109 Å². The first-order valence-electron chi connectivity index (χ1n) is 6.37. The van der Waals surface area contributed by atoms with Gasteiger partial charge in [-0.15, -0.1) is 0 Å². The van der Waals surface area contributed by atoms with E-state index >= 15 is 0 Å². The minimum Gasteiger partial charge on any atom is -0.454 e. The molecule has 18 heavy (non-hydrogen) atoms. The second-order valence-electron chi connectivity index (χ2n) is 5.53. The summed E-state index contributed by atoms with van der Waals surface area (Å²) in [6, 6.07) is 9.14. The van der Waals surface area contributed by atoms with Crippen LogP contribution in [0.3, 0.4) is 0 Å². The average molecular weight is 249 g/mol. The molecule has 0 heterocycles. The van der Waals surface area contributed by atoms with E-state index in [1.54, 1.807) is 0 Å². The molecule has 3 nitrogen and oxygen atoms in total. The van der Waals surface area contributed by atoms with Gasteiger partial charge in [0.2, 0.25) is 0 Å². The third-order valence-electron chi connectivity index (χ3n) is 2.85. The molecule has 100 valence electrons. The van der Waals surface area contributed by atoms with E-state index in [-0.39, 0.29) is 5.97 Å². The molecule has 0 bridgehead atoms. The largest absolute Gasteiger partial charge is 0.454 e. The van der Waals surface area contributed by atoms with Crippen molar-refractivity contribution in [1.29, 1.82) is 0 Å². The minimum atomic E-state index is -0.646. The quantitative estimate of drug-likeness (QED) is 0.816. The highest BCUT2D eigenvalue weighted by Gasteiger charge is 2.28. The topological polar surface area (TPSA) is 52.3 Å². The van der Waals surface area contributed by atoms with Gasteiger partial charge in [-0.05, 0) is 31.7 Å². The van der Waals surface area contributed by atoms with E-state index in [9.17, 15) is 4.79 Å².